The van der Waals surface area contributed by atoms with Crippen molar-refractivity contribution in [2.45, 2.75) is 41.2 Å². The molecule has 0 aliphatic rings. The molecule has 0 aliphatic carbocycles. The maximum Gasteiger partial charge on any atom is 0.0945 e. The second kappa shape index (κ2) is 6.70. The number of benzene rings is 2. The number of nitrogens with zero attached hydrogens (tertiary/aromatic N) is 2. The molecule has 0 saturated carbocycles. The first-order chi connectivity index (χ1) is 13.0. The summed E-state index contributed by atoms with van der Waals surface area (Å²) in [6, 6.07) is 17.5. The lowest BCUT2D eigenvalue weighted by Crippen LogP contribution is -2.05. The zero-order valence-corrected chi connectivity index (χ0v) is 16.8. The Bertz CT molecular complexity index is 1130. The Hall–Kier alpha value is -2.87. The van der Waals surface area contributed by atoms with E-state index in [1.54, 1.807) is 0 Å². The van der Waals surface area contributed by atoms with Crippen LogP contribution in [0, 0.1) is 34.6 Å². The van der Waals surface area contributed by atoms with E-state index in [1.165, 1.54) is 50.0 Å². The predicted molar refractivity (Wildman–Crippen MR) is 114 cm³/mol. The monoisotopic (exact) mass is 354 g/mol. The Morgan fingerprint density at radius 1 is 0.815 bits per heavy atom. The topological polar surface area (TPSA) is 17.8 Å². The largest absolute Gasteiger partial charge is 0.338 e. The molecule has 27 heavy (non-hydrogen) atoms. The van der Waals surface area contributed by atoms with E-state index in [2.05, 4.69) is 87.7 Å². The summed E-state index contributed by atoms with van der Waals surface area (Å²) in [5.41, 5.74) is 11.4. The third-order valence-corrected chi connectivity index (χ3v) is 5.70. The number of hydrogen-bond donors (Lipinski definition) is 0. The van der Waals surface area contributed by atoms with Gasteiger partial charge in [0.25, 0.3) is 0 Å². The van der Waals surface area contributed by atoms with Crippen LogP contribution in [0.3, 0.4) is 0 Å². The van der Waals surface area contributed by atoms with Crippen molar-refractivity contribution in [2.24, 2.45) is 0 Å². The molecule has 0 atom stereocenters. The van der Waals surface area contributed by atoms with Gasteiger partial charge in [0.2, 0.25) is 0 Å². The maximum atomic E-state index is 4.78. The standard InChI is InChI=1S/C25H26N2/c1-16-7-10-21(11-8-16)24-25-23(12-13-26-24)19(4)20(5)27(25)15-22-14-17(2)6-9-18(22)3/h6-14H,15H2,1-5H3. The van der Waals surface area contributed by atoms with Gasteiger partial charge in [-0.05, 0) is 57.4 Å². The molecule has 0 spiro atoms. The minimum Gasteiger partial charge on any atom is -0.338 e. The SMILES string of the molecule is Cc1ccc(-c2nccc3c(C)c(C)n(Cc4cc(C)ccc4C)c23)cc1. The molecule has 2 heteroatoms. The van der Waals surface area contributed by atoms with Crippen molar-refractivity contribution < 1.29 is 0 Å². The highest BCUT2D eigenvalue weighted by atomic mass is 15.0. The predicted octanol–water partition coefficient (Wildman–Crippen LogP) is 6.29. The highest BCUT2D eigenvalue weighted by Crippen LogP contribution is 2.33. The molecule has 0 saturated heterocycles. The number of aryl methyl sites for hydroxylation is 4. The van der Waals surface area contributed by atoms with Gasteiger partial charge in [0, 0.05) is 29.4 Å². The molecule has 2 heterocycles. The van der Waals surface area contributed by atoms with Crippen LogP contribution in [-0.2, 0) is 6.54 Å². The molecule has 2 aromatic carbocycles. The molecule has 0 radical (unpaired) electrons. The summed E-state index contributed by atoms with van der Waals surface area (Å²) in [6.07, 6.45) is 1.94. The van der Waals surface area contributed by atoms with Crippen LogP contribution in [0.15, 0.2) is 54.7 Å². The average Bonchev–Trinajstić information content (AvgIpc) is 2.90. The van der Waals surface area contributed by atoms with Gasteiger partial charge in [-0.3, -0.25) is 4.98 Å². The number of hydrogen-bond acceptors (Lipinski definition) is 1. The first-order valence-corrected chi connectivity index (χ1v) is 9.53. The fourth-order valence-corrected chi connectivity index (χ4v) is 3.86. The molecule has 0 bridgehead atoms. The smallest absolute Gasteiger partial charge is 0.0945 e. The second-order valence-corrected chi connectivity index (χ2v) is 7.65. The van der Waals surface area contributed by atoms with E-state index in [1.807, 2.05) is 6.20 Å². The molecule has 0 N–H and O–H groups in total. The molecule has 4 rings (SSSR count). The molecule has 0 fully saturated rings. The Morgan fingerprint density at radius 2 is 1.52 bits per heavy atom. The number of pyridine rings is 1. The van der Waals surface area contributed by atoms with Gasteiger partial charge in [-0.15, -0.1) is 0 Å². The van der Waals surface area contributed by atoms with Gasteiger partial charge >= 0.3 is 0 Å². The summed E-state index contributed by atoms with van der Waals surface area (Å²) in [5, 5.41) is 1.29. The van der Waals surface area contributed by atoms with Crippen LogP contribution in [0.2, 0.25) is 0 Å². The minimum atomic E-state index is 0.869. The van der Waals surface area contributed by atoms with E-state index >= 15 is 0 Å². The lowest BCUT2D eigenvalue weighted by molar-refractivity contribution is 0.794. The zero-order valence-electron chi connectivity index (χ0n) is 16.8. The van der Waals surface area contributed by atoms with Crippen LogP contribution >= 0.6 is 0 Å². The van der Waals surface area contributed by atoms with Gasteiger partial charge in [0.05, 0.1) is 11.2 Å². The van der Waals surface area contributed by atoms with E-state index in [-0.39, 0.29) is 0 Å². The second-order valence-electron chi connectivity index (χ2n) is 7.65. The van der Waals surface area contributed by atoms with E-state index in [0.717, 1.165) is 12.2 Å². The summed E-state index contributed by atoms with van der Waals surface area (Å²) >= 11 is 0. The van der Waals surface area contributed by atoms with Crippen molar-refractivity contribution in [3.8, 4) is 11.3 Å². The van der Waals surface area contributed by atoms with Crippen molar-refractivity contribution in [1.82, 2.24) is 9.55 Å². The fraction of sp³-hybridized carbons (Fsp3) is 0.240. The Morgan fingerprint density at radius 3 is 2.26 bits per heavy atom. The Labute approximate surface area is 161 Å². The van der Waals surface area contributed by atoms with Crippen LogP contribution in [0.25, 0.3) is 22.2 Å². The molecule has 2 nitrogen and oxygen atoms in total. The van der Waals surface area contributed by atoms with Gasteiger partial charge in [0.1, 0.15) is 0 Å². The molecule has 4 aromatic rings. The fourth-order valence-electron chi connectivity index (χ4n) is 3.86. The zero-order chi connectivity index (χ0) is 19.1. The van der Waals surface area contributed by atoms with E-state index in [9.17, 15) is 0 Å². The average molecular weight is 354 g/mol. The molecule has 2 aromatic heterocycles. The number of fused-ring (bicyclic) bond motifs is 1. The highest BCUT2D eigenvalue weighted by molar-refractivity contribution is 5.95. The first-order valence-electron chi connectivity index (χ1n) is 9.53. The Kier molecular flexibility index (Phi) is 4.35. The van der Waals surface area contributed by atoms with E-state index in [4.69, 9.17) is 4.98 Å². The van der Waals surface area contributed by atoms with Crippen molar-refractivity contribution in [3.63, 3.8) is 0 Å². The maximum absolute atomic E-state index is 4.78. The molecule has 136 valence electrons. The molecular weight excluding hydrogens is 328 g/mol. The summed E-state index contributed by atoms with van der Waals surface area (Å²) in [7, 11) is 0. The summed E-state index contributed by atoms with van der Waals surface area (Å²) in [6.45, 7) is 11.8. The molecule has 0 unspecified atom stereocenters. The van der Waals surface area contributed by atoms with Crippen molar-refractivity contribution in [2.75, 3.05) is 0 Å². The van der Waals surface area contributed by atoms with Crippen LogP contribution < -0.4 is 0 Å². The lowest BCUT2D eigenvalue weighted by atomic mass is 10.0. The van der Waals surface area contributed by atoms with Crippen molar-refractivity contribution >= 4 is 10.9 Å². The van der Waals surface area contributed by atoms with Gasteiger partial charge in [-0.1, -0.05) is 53.6 Å². The van der Waals surface area contributed by atoms with Gasteiger partial charge in [-0.25, -0.2) is 0 Å². The van der Waals surface area contributed by atoms with E-state index in [0.29, 0.717) is 0 Å². The summed E-state index contributed by atoms with van der Waals surface area (Å²) in [4.78, 5) is 4.78. The molecule has 0 amide bonds. The summed E-state index contributed by atoms with van der Waals surface area (Å²) < 4.78 is 2.44. The summed E-state index contributed by atoms with van der Waals surface area (Å²) in [5.74, 6) is 0. The van der Waals surface area contributed by atoms with Crippen LogP contribution in [-0.4, -0.2) is 9.55 Å². The normalized spacial score (nSPS) is 11.3. The number of aromatic nitrogens is 2. The quantitative estimate of drug-likeness (QED) is 0.422. The first kappa shape index (κ1) is 17.5. The Balaban J connectivity index is 1.96. The van der Waals surface area contributed by atoms with Crippen LogP contribution in [0.1, 0.15) is 33.5 Å². The van der Waals surface area contributed by atoms with Gasteiger partial charge < -0.3 is 4.57 Å². The van der Waals surface area contributed by atoms with E-state index < -0.39 is 0 Å². The molecular formula is C25H26N2. The highest BCUT2D eigenvalue weighted by Gasteiger charge is 2.17. The van der Waals surface area contributed by atoms with Crippen LogP contribution in [0.4, 0.5) is 0 Å². The van der Waals surface area contributed by atoms with Crippen molar-refractivity contribution in [1.29, 1.82) is 0 Å². The van der Waals surface area contributed by atoms with Crippen LogP contribution in [0.5, 0.6) is 0 Å². The third-order valence-electron chi connectivity index (χ3n) is 5.70. The van der Waals surface area contributed by atoms with Gasteiger partial charge in [0.15, 0.2) is 0 Å². The third kappa shape index (κ3) is 3.06. The van der Waals surface area contributed by atoms with Crippen molar-refractivity contribution in [3.05, 3.63) is 88.2 Å². The minimum absolute atomic E-state index is 0.869. The molecule has 0 aliphatic heterocycles. The lowest BCUT2D eigenvalue weighted by Gasteiger charge is -2.14. The number of rotatable bonds is 3. The van der Waals surface area contributed by atoms with Gasteiger partial charge in [-0.2, -0.15) is 0 Å².